The Kier molecular flexibility index (Phi) is 6.73. The van der Waals surface area contributed by atoms with Gasteiger partial charge in [-0.2, -0.15) is 0 Å². The summed E-state index contributed by atoms with van der Waals surface area (Å²) in [6.45, 7) is 5.30. The van der Waals surface area contributed by atoms with Crippen molar-refractivity contribution >= 4 is 29.0 Å². The molecule has 1 N–H and O–H groups in total. The minimum Gasteiger partial charge on any atom is -0.354 e. The van der Waals surface area contributed by atoms with Crippen molar-refractivity contribution in [3.63, 3.8) is 0 Å². The van der Waals surface area contributed by atoms with E-state index in [1.807, 2.05) is 0 Å². The molecule has 1 aromatic carbocycles. The van der Waals surface area contributed by atoms with Crippen molar-refractivity contribution in [1.29, 1.82) is 0 Å². The first-order valence-corrected chi connectivity index (χ1v) is 11.0. The lowest BCUT2D eigenvalue weighted by Crippen LogP contribution is -2.38. The van der Waals surface area contributed by atoms with E-state index in [2.05, 4.69) is 60.4 Å². The van der Waals surface area contributed by atoms with Crippen LogP contribution in [0.15, 0.2) is 29.2 Å². The fourth-order valence-corrected chi connectivity index (χ4v) is 5.27. The van der Waals surface area contributed by atoms with Crippen molar-refractivity contribution in [2.24, 2.45) is 0 Å². The normalized spacial score (nSPS) is 16.5. The molecule has 26 heavy (non-hydrogen) atoms. The first kappa shape index (κ1) is 19.4. The van der Waals surface area contributed by atoms with E-state index in [1.54, 1.807) is 23.1 Å². The summed E-state index contributed by atoms with van der Waals surface area (Å²) in [4.78, 5) is 21.7. The number of fused-ring (bicyclic) bond motifs is 1. The Hall–Kier alpha value is -1.37. The van der Waals surface area contributed by atoms with Gasteiger partial charge >= 0.3 is 0 Å². The molecule has 0 saturated carbocycles. The summed E-state index contributed by atoms with van der Waals surface area (Å²) in [6, 6.07) is 8.84. The van der Waals surface area contributed by atoms with Crippen molar-refractivity contribution in [2.45, 2.75) is 44.0 Å². The van der Waals surface area contributed by atoms with Crippen LogP contribution in [0.5, 0.6) is 0 Å². The van der Waals surface area contributed by atoms with Crippen LogP contribution in [0.4, 0.5) is 0 Å². The van der Waals surface area contributed by atoms with Gasteiger partial charge in [0, 0.05) is 28.1 Å². The second kappa shape index (κ2) is 9.02. The monoisotopic (exact) mass is 389 g/mol. The summed E-state index contributed by atoms with van der Waals surface area (Å²) in [7, 11) is 2.05. The molecule has 1 unspecified atom stereocenters. The molecule has 0 spiro atoms. The van der Waals surface area contributed by atoms with Crippen molar-refractivity contribution in [1.82, 2.24) is 15.2 Å². The summed E-state index contributed by atoms with van der Waals surface area (Å²) >= 11 is 3.56. The van der Waals surface area contributed by atoms with Gasteiger partial charge in [0.15, 0.2) is 0 Å². The van der Waals surface area contributed by atoms with Gasteiger partial charge in [-0.05, 0) is 52.3 Å². The number of thiazole rings is 1. The summed E-state index contributed by atoms with van der Waals surface area (Å²) in [5.41, 5.74) is 2.51. The Bertz CT molecular complexity index is 742. The second-order valence-electron chi connectivity index (χ2n) is 6.88. The smallest absolute Gasteiger partial charge is 0.234 e. The van der Waals surface area contributed by atoms with E-state index in [4.69, 9.17) is 0 Å². The third kappa shape index (κ3) is 5.09. The number of aryl methyl sites for hydroxylation is 3. The number of amides is 1. The number of benzene rings is 1. The molecule has 2 aromatic rings. The van der Waals surface area contributed by atoms with Crippen molar-refractivity contribution in [3.05, 3.63) is 45.4 Å². The Labute approximate surface area is 164 Å². The Morgan fingerprint density at radius 2 is 2.12 bits per heavy atom. The molecule has 1 heterocycles. The Morgan fingerprint density at radius 1 is 1.35 bits per heavy atom. The van der Waals surface area contributed by atoms with E-state index < -0.39 is 0 Å². The zero-order valence-electron chi connectivity index (χ0n) is 15.7. The molecule has 0 aliphatic heterocycles. The molecular weight excluding hydrogens is 362 g/mol. The summed E-state index contributed by atoms with van der Waals surface area (Å²) in [5, 5.41) is 4.18. The third-order valence-corrected chi connectivity index (χ3v) is 6.80. The summed E-state index contributed by atoms with van der Waals surface area (Å²) in [6.07, 6.45) is 3.34. The minimum absolute atomic E-state index is 0.102. The molecule has 1 atom stereocenters. The molecule has 1 aliphatic rings. The van der Waals surface area contributed by atoms with E-state index >= 15 is 0 Å². The Morgan fingerprint density at radius 3 is 2.88 bits per heavy atom. The molecule has 140 valence electrons. The number of hydrogen-bond acceptors (Lipinski definition) is 5. The largest absolute Gasteiger partial charge is 0.354 e. The summed E-state index contributed by atoms with van der Waals surface area (Å²) in [5.74, 6) is 0.991. The van der Waals surface area contributed by atoms with E-state index in [0.717, 1.165) is 30.0 Å². The lowest BCUT2D eigenvalue weighted by molar-refractivity contribution is -0.122. The maximum Gasteiger partial charge on any atom is 0.234 e. The van der Waals surface area contributed by atoms with Crippen LogP contribution in [0, 0.1) is 13.8 Å². The van der Waals surface area contributed by atoms with Crippen molar-refractivity contribution < 1.29 is 4.79 Å². The topological polar surface area (TPSA) is 45.2 Å². The second-order valence-corrected chi connectivity index (χ2v) is 9.28. The standard InChI is InChI=1S/C20H27N3OS2/c1-14-7-9-16(10-8-14)25-12-11-21-19(24)13-23(3)18-6-4-5-17-20(18)26-15(2)22-17/h7-10,18H,4-6,11-13H2,1-3H3,(H,21,24). The van der Waals surface area contributed by atoms with E-state index in [1.165, 1.54) is 21.0 Å². The first-order valence-electron chi connectivity index (χ1n) is 9.15. The van der Waals surface area contributed by atoms with E-state index in [0.29, 0.717) is 19.1 Å². The van der Waals surface area contributed by atoms with Gasteiger partial charge in [0.05, 0.1) is 17.2 Å². The van der Waals surface area contributed by atoms with Crippen LogP contribution >= 0.6 is 23.1 Å². The number of hydrogen-bond donors (Lipinski definition) is 1. The quantitative estimate of drug-likeness (QED) is 0.575. The predicted molar refractivity (Wildman–Crippen MR) is 110 cm³/mol. The SMILES string of the molecule is Cc1ccc(SCCNC(=O)CN(C)C2CCCc3nc(C)sc32)cc1. The number of carbonyl (C=O) groups is 1. The molecule has 0 fully saturated rings. The van der Waals surface area contributed by atoms with E-state index in [-0.39, 0.29) is 5.91 Å². The molecule has 1 aliphatic carbocycles. The fourth-order valence-electron chi connectivity index (χ4n) is 3.33. The van der Waals surface area contributed by atoms with E-state index in [9.17, 15) is 4.79 Å². The number of rotatable bonds is 7. The molecule has 0 radical (unpaired) electrons. The van der Waals surface area contributed by atoms with Crippen molar-refractivity contribution in [2.75, 3.05) is 25.9 Å². The molecule has 1 aromatic heterocycles. The highest BCUT2D eigenvalue weighted by molar-refractivity contribution is 7.99. The molecule has 6 heteroatoms. The minimum atomic E-state index is 0.102. The van der Waals surface area contributed by atoms with Gasteiger partial charge in [0.25, 0.3) is 0 Å². The number of aromatic nitrogens is 1. The van der Waals surface area contributed by atoms with Gasteiger partial charge in [-0.3, -0.25) is 9.69 Å². The number of likely N-dealkylation sites (N-methyl/N-ethyl adjacent to an activating group) is 1. The highest BCUT2D eigenvalue weighted by Crippen LogP contribution is 2.37. The maximum atomic E-state index is 12.3. The van der Waals surface area contributed by atoms with Crippen LogP contribution < -0.4 is 5.32 Å². The zero-order valence-corrected chi connectivity index (χ0v) is 17.4. The number of carbonyl (C=O) groups excluding carboxylic acids is 1. The van der Waals surface area contributed by atoms with Crippen LogP contribution in [0.25, 0.3) is 0 Å². The highest BCUT2D eigenvalue weighted by Gasteiger charge is 2.27. The molecule has 3 rings (SSSR count). The lowest BCUT2D eigenvalue weighted by atomic mass is 9.97. The maximum absolute atomic E-state index is 12.3. The molecular formula is C20H27N3OS2. The van der Waals surface area contributed by atoms with Crippen LogP contribution in [-0.2, 0) is 11.2 Å². The first-order chi connectivity index (χ1) is 12.5. The van der Waals surface area contributed by atoms with Crippen molar-refractivity contribution in [3.8, 4) is 0 Å². The number of thioether (sulfide) groups is 1. The summed E-state index contributed by atoms with van der Waals surface area (Å²) < 4.78 is 0. The average Bonchev–Trinajstić information content (AvgIpc) is 3.00. The van der Waals surface area contributed by atoms with Gasteiger partial charge < -0.3 is 5.32 Å². The van der Waals surface area contributed by atoms with Gasteiger partial charge in [-0.25, -0.2) is 4.98 Å². The van der Waals surface area contributed by atoms with Gasteiger partial charge in [0.1, 0.15) is 0 Å². The Balaban J connectivity index is 1.42. The van der Waals surface area contributed by atoms with Gasteiger partial charge in [-0.1, -0.05) is 17.7 Å². The van der Waals surface area contributed by atoms with Crippen LogP contribution in [0.2, 0.25) is 0 Å². The van der Waals surface area contributed by atoms with Gasteiger partial charge in [0.2, 0.25) is 5.91 Å². The molecule has 0 saturated heterocycles. The van der Waals surface area contributed by atoms with Crippen LogP contribution in [0.3, 0.4) is 0 Å². The average molecular weight is 390 g/mol. The fraction of sp³-hybridized carbons (Fsp3) is 0.500. The van der Waals surface area contributed by atoms with Crippen LogP contribution in [-0.4, -0.2) is 41.7 Å². The third-order valence-electron chi connectivity index (χ3n) is 4.67. The predicted octanol–water partition coefficient (Wildman–Crippen LogP) is 3.98. The van der Waals surface area contributed by atoms with Gasteiger partial charge in [-0.15, -0.1) is 23.1 Å². The molecule has 4 nitrogen and oxygen atoms in total. The lowest BCUT2D eigenvalue weighted by Gasteiger charge is -2.30. The zero-order chi connectivity index (χ0) is 18.5. The molecule has 1 amide bonds. The van der Waals surface area contributed by atoms with Crippen LogP contribution in [0.1, 0.15) is 40.0 Å². The number of nitrogens with one attached hydrogen (secondary N) is 1. The highest BCUT2D eigenvalue weighted by atomic mass is 32.2. The molecule has 0 bridgehead atoms. The number of nitrogens with zero attached hydrogens (tertiary/aromatic N) is 2.